The molecule has 0 spiro atoms. The lowest BCUT2D eigenvalue weighted by atomic mass is 9.94. The number of allylic oxidation sites excluding steroid dienone is 1. The van der Waals surface area contributed by atoms with E-state index in [2.05, 4.69) is 96.1 Å². The molecule has 5 rings (SSSR count). The highest BCUT2D eigenvalue weighted by molar-refractivity contribution is 5.80. The van der Waals surface area contributed by atoms with Crippen LogP contribution < -0.4 is 5.32 Å². The molecule has 0 bridgehead atoms. The van der Waals surface area contributed by atoms with Gasteiger partial charge in [0.15, 0.2) is 5.82 Å². The molecule has 3 aromatic carbocycles. The Kier molecular flexibility index (Phi) is 4.86. The zero-order chi connectivity index (χ0) is 20.3. The number of anilines is 1. The Balaban J connectivity index is 1.38. The van der Waals surface area contributed by atoms with E-state index in [1.807, 2.05) is 12.3 Å². The van der Waals surface area contributed by atoms with Crippen LogP contribution in [-0.2, 0) is 6.42 Å². The molecule has 1 N–H and O–H groups in total. The van der Waals surface area contributed by atoms with Gasteiger partial charge in [0, 0.05) is 34.3 Å². The van der Waals surface area contributed by atoms with E-state index in [4.69, 9.17) is 4.98 Å². The third-order valence-electron chi connectivity index (χ3n) is 5.49. The molecule has 30 heavy (non-hydrogen) atoms. The zero-order valence-corrected chi connectivity index (χ0v) is 17.0. The second-order valence-electron chi connectivity index (χ2n) is 7.65. The van der Waals surface area contributed by atoms with Crippen molar-refractivity contribution >= 4 is 11.4 Å². The second kappa shape index (κ2) is 7.96. The highest BCUT2D eigenvalue weighted by Crippen LogP contribution is 2.28. The monoisotopic (exact) mass is 389 g/mol. The van der Waals surface area contributed by atoms with Gasteiger partial charge in [-0.15, -0.1) is 0 Å². The fourth-order valence-corrected chi connectivity index (χ4v) is 3.84. The van der Waals surface area contributed by atoms with Crippen molar-refractivity contribution in [2.45, 2.75) is 19.8 Å². The van der Waals surface area contributed by atoms with E-state index in [-0.39, 0.29) is 0 Å². The van der Waals surface area contributed by atoms with E-state index in [1.54, 1.807) is 0 Å². The first-order valence-electron chi connectivity index (χ1n) is 10.3. The number of benzene rings is 3. The minimum Gasteiger partial charge on any atom is -0.355 e. The van der Waals surface area contributed by atoms with Crippen LogP contribution in [0.25, 0.3) is 28.3 Å². The van der Waals surface area contributed by atoms with Crippen LogP contribution in [0.3, 0.4) is 0 Å². The van der Waals surface area contributed by atoms with Crippen molar-refractivity contribution in [1.29, 1.82) is 0 Å². The van der Waals surface area contributed by atoms with Crippen molar-refractivity contribution < 1.29 is 0 Å². The molecule has 0 radical (unpaired) electrons. The summed E-state index contributed by atoms with van der Waals surface area (Å²) < 4.78 is 0. The van der Waals surface area contributed by atoms with E-state index >= 15 is 0 Å². The summed E-state index contributed by atoms with van der Waals surface area (Å²) in [5.41, 5.74) is 9.23. The van der Waals surface area contributed by atoms with Crippen molar-refractivity contribution in [2.24, 2.45) is 0 Å². The predicted octanol–water partition coefficient (Wildman–Crippen LogP) is 6.52. The van der Waals surface area contributed by atoms with Crippen LogP contribution in [-0.4, -0.2) is 9.97 Å². The number of hydrogen-bond acceptors (Lipinski definition) is 3. The van der Waals surface area contributed by atoms with Gasteiger partial charge in [-0.3, -0.25) is 0 Å². The number of hydrogen-bond donors (Lipinski definition) is 1. The maximum atomic E-state index is 4.78. The molecular weight excluding hydrogens is 366 g/mol. The van der Waals surface area contributed by atoms with Gasteiger partial charge in [0.25, 0.3) is 0 Å². The molecule has 0 amide bonds. The molecule has 1 heterocycles. The summed E-state index contributed by atoms with van der Waals surface area (Å²) in [5.74, 6) is 0.738. The molecule has 0 saturated carbocycles. The Hall–Kier alpha value is -3.72. The normalized spacial score (nSPS) is 12.8. The molecule has 4 aromatic rings. The van der Waals surface area contributed by atoms with Crippen molar-refractivity contribution in [3.63, 3.8) is 0 Å². The number of aromatic nitrogens is 2. The standard InChI is InChI=1S/C27H23N3/c1-19-9-11-21(12-10-19)25-17-18-28-27(30-25)22-13-15-23(16-14-22)29-26-8-4-6-20-5-2-3-7-24(20)26/h2-3,5,7-18,29H,4,6H2,1H3. The van der Waals surface area contributed by atoms with E-state index in [9.17, 15) is 0 Å². The van der Waals surface area contributed by atoms with E-state index in [1.165, 1.54) is 22.4 Å². The van der Waals surface area contributed by atoms with Crippen LogP contribution in [0.2, 0.25) is 0 Å². The lowest BCUT2D eigenvalue weighted by Crippen LogP contribution is -2.06. The Morgan fingerprint density at radius 2 is 1.57 bits per heavy atom. The van der Waals surface area contributed by atoms with Gasteiger partial charge in [-0.25, -0.2) is 9.97 Å². The number of nitrogens with zero attached hydrogens (tertiary/aromatic N) is 2. The van der Waals surface area contributed by atoms with Crippen LogP contribution in [0.1, 0.15) is 23.1 Å². The summed E-state index contributed by atoms with van der Waals surface area (Å²) in [4.78, 5) is 9.26. The smallest absolute Gasteiger partial charge is 0.159 e. The van der Waals surface area contributed by atoms with Gasteiger partial charge in [0.05, 0.1) is 5.69 Å². The Morgan fingerprint density at radius 3 is 2.40 bits per heavy atom. The summed E-state index contributed by atoms with van der Waals surface area (Å²) in [7, 11) is 0. The molecule has 3 nitrogen and oxygen atoms in total. The largest absolute Gasteiger partial charge is 0.355 e. The third kappa shape index (κ3) is 3.74. The zero-order valence-electron chi connectivity index (χ0n) is 17.0. The van der Waals surface area contributed by atoms with Crippen molar-refractivity contribution in [2.75, 3.05) is 5.32 Å². The first kappa shape index (κ1) is 18.3. The average molecular weight is 390 g/mol. The molecule has 0 saturated heterocycles. The van der Waals surface area contributed by atoms with E-state index < -0.39 is 0 Å². The van der Waals surface area contributed by atoms with Crippen LogP contribution in [0, 0.1) is 6.92 Å². The second-order valence-corrected chi connectivity index (χ2v) is 7.65. The number of fused-ring (bicyclic) bond motifs is 1. The van der Waals surface area contributed by atoms with Crippen LogP contribution in [0.4, 0.5) is 5.69 Å². The maximum Gasteiger partial charge on any atom is 0.159 e. The summed E-state index contributed by atoms with van der Waals surface area (Å²) in [6.07, 6.45) is 6.28. The SMILES string of the molecule is Cc1ccc(-c2ccnc(-c3ccc(NC4=CCCc5ccccc54)cc3)n2)cc1. The molecule has 1 aromatic heterocycles. The van der Waals surface area contributed by atoms with Crippen molar-refractivity contribution in [3.05, 3.63) is 108 Å². The van der Waals surface area contributed by atoms with Crippen molar-refractivity contribution in [1.82, 2.24) is 9.97 Å². The average Bonchev–Trinajstić information content (AvgIpc) is 2.80. The van der Waals surface area contributed by atoms with Crippen LogP contribution in [0.15, 0.2) is 91.1 Å². The van der Waals surface area contributed by atoms with Gasteiger partial charge in [-0.05, 0) is 55.7 Å². The summed E-state index contributed by atoms with van der Waals surface area (Å²) >= 11 is 0. The van der Waals surface area contributed by atoms with Gasteiger partial charge in [0.2, 0.25) is 0 Å². The molecule has 0 fully saturated rings. The van der Waals surface area contributed by atoms with E-state index in [0.29, 0.717) is 0 Å². The van der Waals surface area contributed by atoms with E-state index in [0.717, 1.165) is 41.2 Å². The highest BCUT2D eigenvalue weighted by atomic mass is 14.9. The summed E-state index contributed by atoms with van der Waals surface area (Å²) in [6, 6.07) is 27.3. The number of rotatable bonds is 4. The highest BCUT2D eigenvalue weighted by Gasteiger charge is 2.12. The van der Waals surface area contributed by atoms with Crippen molar-refractivity contribution in [3.8, 4) is 22.6 Å². The molecule has 3 heteroatoms. The first-order chi connectivity index (χ1) is 14.8. The third-order valence-corrected chi connectivity index (χ3v) is 5.49. The van der Waals surface area contributed by atoms with Gasteiger partial charge < -0.3 is 5.32 Å². The molecular formula is C27H23N3. The Labute approximate surface area is 177 Å². The lowest BCUT2D eigenvalue weighted by Gasteiger charge is -2.19. The van der Waals surface area contributed by atoms with Crippen LogP contribution in [0.5, 0.6) is 0 Å². The summed E-state index contributed by atoms with van der Waals surface area (Å²) in [5, 5.41) is 3.58. The molecule has 0 aliphatic heterocycles. The maximum absolute atomic E-state index is 4.78. The summed E-state index contributed by atoms with van der Waals surface area (Å²) in [6.45, 7) is 2.09. The molecule has 0 unspecified atom stereocenters. The number of nitrogens with one attached hydrogen (secondary N) is 1. The molecule has 1 aliphatic carbocycles. The lowest BCUT2D eigenvalue weighted by molar-refractivity contribution is 0.976. The van der Waals surface area contributed by atoms with Gasteiger partial charge >= 0.3 is 0 Å². The topological polar surface area (TPSA) is 37.8 Å². The predicted molar refractivity (Wildman–Crippen MR) is 124 cm³/mol. The molecule has 1 aliphatic rings. The fourth-order valence-electron chi connectivity index (χ4n) is 3.84. The molecule has 146 valence electrons. The Morgan fingerprint density at radius 1 is 0.800 bits per heavy atom. The minimum absolute atomic E-state index is 0.738. The van der Waals surface area contributed by atoms with Gasteiger partial charge in [-0.1, -0.05) is 60.2 Å². The Bertz CT molecular complexity index is 1210. The first-order valence-corrected chi connectivity index (χ1v) is 10.3. The van der Waals surface area contributed by atoms with Gasteiger partial charge in [-0.2, -0.15) is 0 Å². The fraction of sp³-hybridized carbons (Fsp3) is 0.111. The molecule has 0 atom stereocenters. The quantitative estimate of drug-likeness (QED) is 0.432. The van der Waals surface area contributed by atoms with Crippen LogP contribution >= 0.6 is 0 Å². The number of aryl methyl sites for hydroxylation is 2. The van der Waals surface area contributed by atoms with Gasteiger partial charge in [0.1, 0.15) is 0 Å². The minimum atomic E-state index is 0.738.